The maximum Gasteiger partial charge on any atom is 0.123 e. The van der Waals surface area contributed by atoms with Crippen LogP contribution >= 0.6 is 0 Å². The summed E-state index contributed by atoms with van der Waals surface area (Å²) in [6.07, 6.45) is 5.48. The molecule has 0 radical (unpaired) electrons. The number of phenolic OH excluding ortho intramolecular Hbond substituents is 4. The zero-order valence-electron chi connectivity index (χ0n) is 19.4. The Bertz CT molecular complexity index is 1030. The Morgan fingerprint density at radius 3 is 1.87 bits per heavy atom. The molecule has 4 nitrogen and oxygen atoms in total. The largest absolute Gasteiger partial charge is 0.508 e. The molecule has 4 unspecified atom stereocenters. The Morgan fingerprint density at radius 1 is 0.774 bits per heavy atom. The molecule has 1 spiro atoms. The molecule has 2 aromatic rings. The van der Waals surface area contributed by atoms with Gasteiger partial charge >= 0.3 is 0 Å². The van der Waals surface area contributed by atoms with Crippen molar-refractivity contribution in [2.24, 2.45) is 5.92 Å². The average Bonchev–Trinajstić information content (AvgIpc) is 3.02. The summed E-state index contributed by atoms with van der Waals surface area (Å²) in [7, 11) is 0. The van der Waals surface area contributed by atoms with E-state index in [1.54, 1.807) is 0 Å². The molecule has 4 atom stereocenters. The third-order valence-electron chi connectivity index (χ3n) is 8.37. The first kappa shape index (κ1) is 21.9. The van der Waals surface area contributed by atoms with Crippen LogP contribution < -0.4 is 0 Å². The summed E-state index contributed by atoms with van der Waals surface area (Å²) in [6, 6.07) is 6.54. The van der Waals surface area contributed by atoms with Crippen LogP contribution in [0.2, 0.25) is 0 Å². The van der Waals surface area contributed by atoms with Crippen molar-refractivity contribution in [2.75, 3.05) is 0 Å². The van der Waals surface area contributed by atoms with Gasteiger partial charge in [0.25, 0.3) is 0 Å². The van der Waals surface area contributed by atoms with Crippen LogP contribution in [0.4, 0.5) is 0 Å². The molecule has 0 saturated carbocycles. The standard InChI is InChI=1S/C27H36O4/c1-6-9-25(4)15-27(24-18(25)11-16(28)14-21(24)31)19-12-17(29)13-20(30)23(19)26(5,10-7-2)22(27)8-3/h11-14,22,28-31H,6-10,15H2,1-5H3. The van der Waals surface area contributed by atoms with Gasteiger partial charge in [0.2, 0.25) is 0 Å². The first-order chi connectivity index (χ1) is 14.6. The van der Waals surface area contributed by atoms with Gasteiger partial charge in [0.1, 0.15) is 23.0 Å². The summed E-state index contributed by atoms with van der Waals surface area (Å²) in [5, 5.41) is 43.2. The number of hydrogen-bond donors (Lipinski definition) is 4. The predicted molar refractivity (Wildman–Crippen MR) is 123 cm³/mol. The van der Waals surface area contributed by atoms with Gasteiger partial charge in [-0.1, -0.05) is 53.9 Å². The zero-order chi connectivity index (χ0) is 22.8. The molecule has 31 heavy (non-hydrogen) atoms. The molecule has 2 aliphatic carbocycles. The summed E-state index contributed by atoms with van der Waals surface area (Å²) >= 11 is 0. The fraction of sp³-hybridized carbons (Fsp3) is 0.556. The summed E-state index contributed by atoms with van der Waals surface area (Å²) < 4.78 is 0. The molecular formula is C27H36O4. The predicted octanol–water partition coefficient (Wildman–Crippen LogP) is 6.35. The highest BCUT2D eigenvalue weighted by atomic mass is 16.3. The Morgan fingerprint density at radius 2 is 1.32 bits per heavy atom. The summed E-state index contributed by atoms with van der Waals surface area (Å²) in [4.78, 5) is 0. The van der Waals surface area contributed by atoms with Crippen molar-refractivity contribution in [3.8, 4) is 23.0 Å². The van der Waals surface area contributed by atoms with E-state index in [0.29, 0.717) is 0 Å². The van der Waals surface area contributed by atoms with Crippen LogP contribution in [-0.2, 0) is 16.2 Å². The van der Waals surface area contributed by atoms with Crippen LogP contribution in [0, 0.1) is 5.92 Å². The molecule has 2 aliphatic rings. The molecule has 4 N–H and O–H groups in total. The SMILES string of the molecule is CCCC1(C)CC2(c3cc(O)cc(O)c3C(C)(CCC)C2CC)c2c(O)cc(O)cc21. The summed E-state index contributed by atoms with van der Waals surface area (Å²) in [6.45, 7) is 11.0. The molecule has 4 rings (SSSR count). The third-order valence-corrected chi connectivity index (χ3v) is 8.37. The van der Waals surface area contributed by atoms with E-state index in [-0.39, 0.29) is 39.7 Å². The van der Waals surface area contributed by atoms with Gasteiger partial charge in [-0.15, -0.1) is 0 Å². The van der Waals surface area contributed by atoms with Crippen molar-refractivity contribution < 1.29 is 20.4 Å². The lowest BCUT2D eigenvalue weighted by Gasteiger charge is -2.42. The molecule has 0 bridgehead atoms. The highest BCUT2D eigenvalue weighted by Crippen LogP contribution is 2.71. The fourth-order valence-corrected chi connectivity index (χ4v) is 7.75. The lowest BCUT2D eigenvalue weighted by Crippen LogP contribution is -2.40. The lowest BCUT2D eigenvalue weighted by molar-refractivity contribution is 0.181. The molecule has 0 amide bonds. The molecule has 0 aromatic heterocycles. The van der Waals surface area contributed by atoms with Crippen molar-refractivity contribution in [3.05, 3.63) is 46.5 Å². The molecule has 0 fully saturated rings. The van der Waals surface area contributed by atoms with Crippen LogP contribution in [0.25, 0.3) is 0 Å². The third kappa shape index (κ3) is 2.73. The van der Waals surface area contributed by atoms with Gasteiger partial charge < -0.3 is 20.4 Å². The van der Waals surface area contributed by atoms with E-state index in [4.69, 9.17) is 0 Å². The van der Waals surface area contributed by atoms with Crippen molar-refractivity contribution in [2.45, 2.75) is 89.4 Å². The molecule has 2 aromatic carbocycles. The number of aromatic hydroxyl groups is 4. The summed E-state index contributed by atoms with van der Waals surface area (Å²) in [5.41, 5.74) is 2.70. The van der Waals surface area contributed by atoms with Crippen LogP contribution in [-0.4, -0.2) is 20.4 Å². The molecule has 4 heteroatoms. The molecular weight excluding hydrogens is 388 g/mol. The Balaban J connectivity index is 2.15. The van der Waals surface area contributed by atoms with Crippen molar-refractivity contribution in [1.29, 1.82) is 0 Å². The van der Waals surface area contributed by atoms with E-state index < -0.39 is 5.41 Å². The van der Waals surface area contributed by atoms with Crippen LogP contribution in [0.1, 0.15) is 95.4 Å². The van der Waals surface area contributed by atoms with Gasteiger partial charge in [0.05, 0.1) is 0 Å². The van der Waals surface area contributed by atoms with Crippen molar-refractivity contribution in [3.63, 3.8) is 0 Å². The van der Waals surface area contributed by atoms with Gasteiger partial charge in [-0.2, -0.15) is 0 Å². The second-order valence-corrected chi connectivity index (χ2v) is 10.4. The quantitative estimate of drug-likeness (QED) is 0.450. The number of hydrogen-bond acceptors (Lipinski definition) is 4. The molecule has 0 heterocycles. The van der Waals surface area contributed by atoms with Gasteiger partial charge in [0.15, 0.2) is 0 Å². The highest BCUT2D eigenvalue weighted by molar-refractivity contribution is 5.68. The number of benzene rings is 2. The van der Waals surface area contributed by atoms with Crippen LogP contribution in [0.3, 0.4) is 0 Å². The van der Waals surface area contributed by atoms with E-state index >= 15 is 0 Å². The smallest absolute Gasteiger partial charge is 0.123 e. The van der Waals surface area contributed by atoms with Crippen LogP contribution in [0.5, 0.6) is 23.0 Å². The number of phenols is 4. The lowest BCUT2D eigenvalue weighted by atomic mass is 9.61. The first-order valence-corrected chi connectivity index (χ1v) is 11.7. The fourth-order valence-electron chi connectivity index (χ4n) is 7.75. The maximum absolute atomic E-state index is 11.2. The maximum atomic E-state index is 11.2. The summed E-state index contributed by atoms with van der Waals surface area (Å²) in [5.74, 6) is 0.538. The monoisotopic (exact) mass is 424 g/mol. The minimum Gasteiger partial charge on any atom is -0.508 e. The van der Waals surface area contributed by atoms with Crippen molar-refractivity contribution >= 4 is 0 Å². The van der Waals surface area contributed by atoms with E-state index in [9.17, 15) is 20.4 Å². The molecule has 0 saturated heterocycles. The minimum atomic E-state index is -0.527. The Hall–Kier alpha value is -2.36. The zero-order valence-corrected chi connectivity index (χ0v) is 19.4. The average molecular weight is 425 g/mol. The van der Waals surface area contributed by atoms with Gasteiger partial charge in [-0.3, -0.25) is 0 Å². The van der Waals surface area contributed by atoms with Gasteiger partial charge in [0, 0.05) is 34.1 Å². The van der Waals surface area contributed by atoms with E-state index in [1.165, 1.54) is 12.1 Å². The molecule has 168 valence electrons. The van der Waals surface area contributed by atoms with E-state index in [1.807, 2.05) is 12.1 Å². The minimum absolute atomic E-state index is 0.0511. The van der Waals surface area contributed by atoms with Crippen molar-refractivity contribution in [1.82, 2.24) is 0 Å². The van der Waals surface area contributed by atoms with Gasteiger partial charge in [-0.05, 0) is 53.9 Å². The highest BCUT2D eigenvalue weighted by Gasteiger charge is 2.65. The Kier molecular flexibility index (Phi) is 4.99. The number of fused-ring (bicyclic) bond motifs is 4. The second kappa shape index (κ2) is 7.08. The van der Waals surface area contributed by atoms with E-state index in [0.717, 1.165) is 60.8 Å². The van der Waals surface area contributed by atoms with Gasteiger partial charge in [-0.25, -0.2) is 0 Å². The normalized spacial score (nSPS) is 31.2. The Labute approximate surface area is 185 Å². The first-order valence-electron chi connectivity index (χ1n) is 11.7. The number of rotatable bonds is 5. The second-order valence-electron chi connectivity index (χ2n) is 10.4. The topological polar surface area (TPSA) is 80.9 Å². The van der Waals surface area contributed by atoms with Crippen LogP contribution in [0.15, 0.2) is 24.3 Å². The van der Waals surface area contributed by atoms with E-state index in [2.05, 4.69) is 34.6 Å². The molecule has 0 aliphatic heterocycles.